The van der Waals surface area contributed by atoms with E-state index in [1.165, 1.54) is 0 Å². The summed E-state index contributed by atoms with van der Waals surface area (Å²) in [5.74, 6) is -0.379. The summed E-state index contributed by atoms with van der Waals surface area (Å²) in [6.45, 7) is 0. The average molecular weight is 210 g/mol. The first kappa shape index (κ1) is 7.19. The first-order chi connectivity index (χ1) is 7.32. The Balaban J connectivity index is 1.23. The Bertz CT molecular complexity index is 363. The quantitative estimate of drug-likeness (QED) is 0.577. The van der Waals surface area contributed by atoms with Crippen LogP contribution in [-0.4, -0.2) is 48.2 Å². The van der Waals surface area contributed by atoms with Crippen molar-refractivity contribution in [2.24, 2.45) is 0 Å². The van der Waals surface area contributed by atoms with E-state index >= 15 is 0 Å². The summed E-state index contributed by atoms with van der Waals surface area (Å²) < 4.78 is 27.9. The molecule has 4 aliphatic heterocycles. The third-order valence-corrected chi connectivity index (χ3v) is 4.65. The van der Waals surface area contributed by atoms with Crippen LogP contribution in [0.2, 0.25) is 0 Å². The van der Waals surface area contributed by atoms with Crippen molar-refractivity contribution in [2.45, 2.75) is 61.0 Å². The van der Waals surface area contributed by atoms with Crippen LogP contribution in [0.1, 0.15) is 12.8 Å². The fourth-order valence-corrected chi connectivity index (χ4v) is 3.66. The van der Waals surface area contributed by atoms with Crippen LogP contribution in [0.3, 0.4) is 0 Å². The number of hydrogen-bond acceptors (Lipinski definition) is 5. The minimum Gasteiger partial charge on any atom is -0.369 e. The lowest BCUT2D eigenvalue weighted by Crippen LogP contribution is -2.29. The van der Waals surface area contributed by atoms with E-state index in [1.54, 1.807) is 0 Å². The molecule has 2 aliphatic carbocycles. The summed E-state index contributed by atoms with van der Waals surface area (Å²) >= 11 is 0. The van der Waals surface area contributed by atoms with Crippen LogP contribution >= 0.6 is 0 Å². The predicted molar refractivity (Wildman–Crippen MR) is 42.8 cm³/mol. The molecule has 8 unspecified atom stereocenters. The van der Waals surface area contributed by atoms with Crippen molar-refractivity contribution in [3.05, 3.63) is 0 Å². The Morgan fingerprint density at radius 3 is 1.67 bits per heavy atom. The Kier molecular flexibility index (Phi) is 0.800. The van der Waals surface area contributed by atoms with Crippen LogP contribution in [0, 0.1) is 0 Å². The largest absolute Gasteiger partial charge is 0.369 e. The molecule has 0 aromatic rings. The van der Waals surface area contributed by atoms with Crippen LogP contribution in [0.4, 0.5) is 0 Å². The van der Waals surface area contributed by atoms with Gasteiger partial charge in [-0.05, 0) is 0 Å². The topological polar surface area (TPSA) is 59.4 Å². The smallest absolute Gasteiger partial charge is 0.225 e. The van der Waals surface area contributed by atoms with Gasteiger partial charge in [0.05, 0.1) is 12.2 Å². The van der Waals surface area contributed by atoms with Crippen molar-refractivity contribution in [3.63, 3.8) is 0 Å². The first-order valence-corrected chi connectivity index (χ1v) is 5.69. The van der Waals surface area contributed by atoms with Crippen molar-refractivity contribution in [1.29, 1.82) is 0 Å². The van der Waals surface area contributed by atoms with Crippen molar-refractivity contribution < 1.29 is 23.7 Å². The van der Waals surface area contributed by atoms with E-state index in [0.29, 0.717) is 12.2 Å². The van der Waals surface area contributed by atoms with Crippen molar-refractivity contribution in [1.82, 2.24) is 0 Å². The van der Waals surface area contributed by atoms with Gasteiger partial charge >= 0.3 is 0 Å². The minimum absolute atomic E-state index is 0.190. The molecule has 0 aromatic heterocycles. The molecule has 5 nitrogen and oxygen atoms in total. The second-order valence-corrected chi connectivity index (χ2v) is 5.42. The van der Waals surface area contributed by atoms with E-state index in [0.717, 1.165) is 12.8 Å². The van der Waals surface area contributed by atoms with E-state index in [4.69, 9.17) is 23.7 Å². The molecule has 4 heterocycles. The molecule has 2 saturated carbocycles. The summed E-state index contributed by atoms with van der Waals surface area (Å²) in [5, 5.41) is 0. The zero-order valence-corrected chi connectivity index (χ0v) is 7.92. The van der Waals surface area contributed by atoms with Gasteiger partial charge in [-0.15, -0.1) is 0 Å². The van der Waals surface area contributed by atoms with E-state index in [2.05, 4.69) is 0 Å². The molecule has 0 radical (unpaired) electrons. The Labute approximate surface area is 85.6 Å². The molecule has 6 rings (SSSR count). The summed E-state index contributed by atoms with van der Waals surface area (Å²) in [5.41, 5.74) is 0. The van der Waals surface area contributed by atoms with Crippen LogP contribution in [0.25, 0.3) is 0 Å². The predicted octanol–water partition coefficient (Wildman–Crippen LogP) is -0.465. The van der Waals surface area contributed by atoms with E-state index < -0.39 is 0 Å². The maximum atomic E-state index is 6.06. The lowest BCUT2D eigenvalue weighted by atomic mass is 10.2. The average Bonchev–Trinajstić information content (AvgIpc) is 3.12. The number of epoxide rings is 4. The van der Waals surface area contributed by atoms with Gasteiger partial charge < -0.3 is 23.7 Å². The summed E-state index contributed by atoms with van der Waals surface area (Å²) in [7, 11) is 0. The number of hydrogen-bond donors (Lipinski definition) is 0. The first-order valence-electron chi connectivity index (χ1n) is 5.69. The number of rotatable bonds is 2. The standard InChI is InChI=1S/C10H10O5/c1-3(7-9(14-7)5(1)12-9)11-4-2-6-10(13-6)8(4)15-10/h3-8H,1-2H2. The summed E-state index contributed by atoms with van der Waals surface area (Å²) in [6.07, 6.45) is 3.48. The van der Waals surface area contributed by atoms with Gasteiger partial charge in [0.15, 0.2) is 0 Å². The molecule has 6 aliphatic rings. The molecule has 0 aromatic carbocycles. The molecule has 80 valence electrons. The van der Waals surface area contributed by atoms with Gasteiger partial charge in [0.2, 0.25) is 11.6 Å². The SMILES string of the molecule is C1C(OC2CC3OC34OC24)C2OC23OC13. The third-order valence-electron chi connectivity index (χ3n) is 4.65. The summed E-state index contributed by atoms with van der Waals surface area (Å²) in [6, 6.07) is 0. The van der Waals surface area contributed by atoms with Crippen molar-refractivity contribution >= 4 is 0 Å². The maximum absolute atomic E-state index is 6.06. The third kappa shape index (κ3) is 0.617. The van der Waals surface area contributed by atoms with Crippen LogP contribution in [0.15, 0.2) is 0 Å². The highest BCUT2D eigenvalue weighted by molar-refractivity contribution is 5.25. The fraction of sp³-hybridized carbons (Fsp3) is 1.00. The molecule has 2 spiro atoms. The molecule has 0 bridgehead atoms. The van der Waals surface area contributed by atoms with Gasteiger partial charge in [0, 0.05) is 12.8 Å². The van der Waals surface area contributed by atoms with Gasteiger partial charge in [0.1, 0.15) is 24.4 Å². The van der Waals surface area contributed by atoms with Crippen LogP contribution < -0.4 is 0 Å². The lowest BCUT2D eigenvalue weighted by Gasteiger charge is -2.19. The Morgan fingerprint density at radius 1 is 0.800 bits per heavy atom. The fourth-order valence-electron chi connectivity index (χ4n) is 3.66. The molecule has 4 saturated heterocycles. The molecule has 8 atom stereocenters. The van der Waals surface area contributed by atoms with Crippen LogP contribution in [-0.2, 0) is 23.7 Å². The summed E-state index contributed by atoms with van der Waals surface area (Å²) in [4.78, 5) is 0. The molecule has 0 amide bonds. The molecular formula is C10H10O5. The van der Waals surface area contributed by atoms with Gasteiger partial charge in [0.25, 0.3) is 0 Å². The van der Waals surface area contributed by atoms with E-state index in [9.17, 15) is 0 Å². The molecule has 6 fully saturated rings. The van der Waals surface area contributed by atoms with Gasteiger partial charge in [-0.1, -0.05) is 0 Å². The van der Waals surface area contributed by atoms with Crippen molar-refractivity contribution in [3.8, 4) is 0 Å². The maximum Gasteiger partial charge on any atom is 0.225 e. The van der Waals surface area contributed by atoms with Gasteiger partial charge in [-0.25, -0.2) is 0 Å². The Hall–Kier alpha value is -0.200. The molecule has 15 heavy (non-hydrogen) atoms. The molecular weight excluding hydrogens is 200 g/mol. The number of ether oxygens (including phenoxy) is 5. The monoisotopic (exact) mass is 210 g/mol. The Morgan fingerprint density at radius 2 is 1.33 bits per heavy atom. The minimum atomic E-state index is -0.190. The van der Waals surface area contributed by atoms with E-state index in [1.807, 2.05) is 0 Å². The molecule has 5 heteroatoms. The van der Waals surface area contributed by atoms with Crippen LogP contribution in [0.5, 0.6) is 0 Å². The second-order valence-electron chi connectivity index (χ2n) is 5.42. The zero-order chi connectivity index (χ0) is 9.41. The van der Waals surface area contributed by atoms with Crippen molar-refractivity contribution in [2.75, 3.05) is 0 Å². The lowest BCUT2D eigenvalue weighted by molar-refractivity contribution is -0.0496. The highest BCUT2D eigenvalue weighted by Crippen LogP contribution is 2.68. The highest BCUT2D eigenvalue weighted by Gasteiger charge is 2.87. The van der Waals surface area contributed by atoms with Gasteiger partial charge in [-0.2, -0.15) is 0 Å². The van der Waals surface area contributed by atoms with Gasteiger partial charge in [-0.3, -0.25) is 0 Å². The van der Waals surface area contributed by atoms with E-state index in [-0.39, 0.29) is 36.0 Å². The normalized spacial score (nSPS) is 79.2. The highest BCUT2D eigenvalue weighted by atomic mass is 16.9. The molecule has 0 N–H and O–H groups in total. The zero-order valence-electron chi connectivity index (χ0n) is 7.92. The second kappa shape index (κ2) is 1.67.